The van der Waals surface area contributed by atoms with Gasteiger partial charge < -0.3 is 23.7 Å². The van der Waals surface area contributed by atoms with Gasteiger partial charge in [0.05, 0.1) is 61.0 Å². The van der Waals surface area contributed by atoms with Gasteiger partial charge in [0, 0.05) is 29.6 Å². The van der Waals surface area contributed by atoms with E-state index in [1.165, 1.54) is 264 Å². The van der Waals surface area contributed by atoms with E-state index in [0.717, 1.165) is 107 Å². The van der Waals surface area contributed by atoms with Crippen molar-refractivity contribution in [2.45, 2.75) is 411 Å². The molecule has 5 heteroatoms. The highest BCUT2D eigenvalue weighted by atomic mass is 16.5. The van der Waals surface area contributed by atoms with Gasteiger partial charge in [0.25, 0.3) is 0 Å². The van der Waals surface area contributed by atoms with Crippen LogP contribution in [-0.4, -0.2) is 61.0 Å². The maximum atomic E-state index is 6.27. The third kappa shape index (κ3) is 13.9. The number of fused-ring (bicyclic) bond motifs is 24. The molecular weight excluding hydrogens is 1460 g/mol. The highest BCUT2D eigenvalue weighted by Gasteiger charge is 2.52. The van der Waals surface area contributed by atoms with Gasteiger partial charge in [0.15, 0.2) is 0 Å². The summed E-state index contributed by atoms with van der Waals surface area (Å²) in [7, 11) is 0. The van der Waals surface area contributed by atoms with Crippen molar-refractivity contribution >= 4 is 21.5 Å². The predicted molar refractivity (Wildman–Crippen MR) is 486 cm³/mol. The van der Waals surface area contributed by atoms with Crippen LogP contribution in [0.25, 0.3) is 21.5 Å². The fourth-order valence-corrected chi connectivity index (χ4v) is 34.4. The van der Waals surface area contributed by atoms with E-state index in [1.54, 1.807) is 85.7 Å². The van der Waals surface area contributed by atoms with Crippen LogP contribution in [0.5, 0.6) is 0 Å². The molecule has 10 aliphatic heterocycles. The first-order valence-electron chi connectivity index (χ1n) is 51.5. The molecule has 5 nitrogen and oxygen atoms in total. The molecule has 22 fully saturated rings. The van der Waals surface area contributed by atoms with E-state index < -0.39 is 0 Å². The number of hydrogen-bond donors (Lipinski definition) is 0. The summed E-state index contributed by atoms with van der Waals surface area (Å²) in [6.45, 7) is 11.7. The zero-order valence-electron chi connectivity index (χ0n) is 74.1. The SMILES string of the molecule is Cc1c(C2CC3CCC2C3)cc(C2CC3CCC2C3)cc1C1CC2CCC1C2.Cc1c(C2CC3CCC2O3)cc(C2CC3CCC2O3)cc1C1CC2CCC1O2.Cc1cc(C2CC3CCC2O3)cc(C2CC3CCC2O3)c1.Cc1ccc2c(C3CC4CCC3C4)cccc2c1C1CC2CCC1C2.Cc1ccc2cc(C3CC4CCC3C4)ccc2c1. The van der Waals surface area contributed by atoms with E-state index in [1.807, 2.05) is 11.1 Å². The summed E-state index contributed by atoms with van der Waals surface area (Å²) in [6.07, 6.45) is 59.9. The number of benzene rings is 7. The zero-order chi connectivity index (χ0) is 79.4. The molecule has 7 aromatic carbocycles. The lowest BCUT2D eigenvalue weighted by atomic mass is 9.73. The third-order valence-corrected chi connectivity index (χ3v) is 40.0. The maximum Gasteiger partial charge on any atom is 0.0649 e. The molecule has 29 rings (SSSR count). The topological polar surface area (TPSA) is 46.2 Å². The highest BCUT2D eigenvalue weighted by molar-refractivity contribution is 5.91. The molecule has 22 aliphatic rings. The number of ether oxygens (including phenoxy) is 5. The first-order chi connectivity index (χ1) is 58.8. The summed E-state index contributed by atoms with van der Waals surface area (Å²) in [4.78, 5) is 0. The summed E-state index contributed by atoms with van der Waals surface area (Å²) < 4.78 is 30.9. The van der Waals surface area contributed by atoms with Crippen molar-refractivity contribution < 1.29 is 23.7 Å². The molecule has 10 heterocycles. The van der Waals surface area contributed by atoms with Gasteiger partial charge in [-0.05, 0) is 452 Å². The van der Waals surface area contributed by atoms with Crippen LogP contribution in [0.1, 0.15) is 405 Å². The summed E-state index contributed by atoms with van der Waals surface area (Å²) in [5.74, 6) is 20.7. The molecule has 0 aromatic heterocycles. The van der Waals surface area contributed by atoms with Gasteiger partial charge in [-0.1, -0.05) is 159 Å². The average molecular weight is 1610 g/mol. The largest absolute Gasteiger partial charge is 0.374 e. The molecule has 120 heavy (non-hydrogen) atoms. The van der Waals surface area contributed by atoms with Crippen molar-refractivity contribution in [2.75, 3.05) is 0 Å². The molecule has 0 amide bonds. The Bertz CT molecular complexity index is 4750. The first-order valence-corrected chi connectivity index (χ1v) is 51.5. The van der Waals surface area contributed by atoms with Crippen LogP contribution in [0.3, 0.4) is 0 Å². The van der Waals surface area contributed by atoms with Gasteiger partial charge in [-0.25, -0.2) is 0 Å². The molecule has 33 atom stereocenters. The lowest BCUT2D eigenvalue weighted by molar-refractivity contribution is 0.0995. The van der Waals surface area contributed by atoms with Gasteiger partial charge in [-0.3, -0.25) is 0 Å². The second-order valence-electron chi connectivity index (χ2n) is 46.4. The Hall–Kier alpha value is -5.14. The lowest BCUT2D eigenvalue weighted by Crippen LogP contribution is -2.22. The van der Waals surface area contributed by atoms with Gasteiger partial charge >= 0.3 is 0 Å². The standard InChI is InChI=1S/C28H38.C25H32O3.C25H30.C19H24O2.C18H20/c1-16-24(27-12-18-3-6-21(27)9-18)14-23(26-11-17-2-5-20(26)8-17)15-25(16)28-13-19-4-7-22(28)10-19;1-13-18(21-11-16-3-6-24(21)27-16)8-14(20-10-15-2-5-23(20)26-15)9-19(13)22-12-17-4-7-25(22)28-17;1-15-5-10-21-20(23-13-16-6-8-18(23)11-16)3-2-4-22(21)25(15)24-14-17-7-9-19(24)12-17;1-11-6-12(16-9-14-2-4-18(16)20-14)8-13(7-11)17-10-15-3-5-19(17)21-15;1-12-2-4-15-11-17(7-6-14(15)8-12)18-10-13-3-5-16(18)9-13/h14-15,17-22,26-28H,2-13H2,1H3;8-9,15-17,20-25H,2-7,10-12H2,1H3;2-5,10,16-19,23-24H,6-9,11-14H2,1H3;6-8,14-19H,2-5,9-10H2,1H3;2,4,6-8,11,13,16,18H,3,5,9-10H2,1H3. The van der Waals surface area contributed by atoms with Crippen LogP contribution in [0, 0.1) is 106 Å². The quantitative estimate of drug-likeness (QED) is 0.129. The van der Waals surface area contributed by atoms with E-state index in [2.05, 4.69) is 144 Å². The molecule has 33 unspecified atom stereocenters. The lowest BCUT2D eigenvalue weighted by Gasteiger charge is -2.32. The first kappa shape index (κ1) is 77.2. The van der Waals surface area contributed by atoms with Gasteiger partial charge in [-0.15, -0.1) is 0 Å². The van der Waals surface area contributed by atoms with Gasteiger partial charge in [-0.2, -0.15) is 0 Å². The van der Waals surface area contributed by atoms with E-state index in [-0.39, 0.29) is 0 Å². The number of aryl methyl sites for hydroxylation is 3. The van der Waals surface area contributed by atoms with Crippen molar-refractivity contribution in [1.29, 1.82) is 0 Å². The average Bonchev–Trinajstić information content (AvgIpc) is 1.54. The highest BCUT2D eigenvalue weighted by Crippen LogP contribution is 2.63. The Kier molecular flexibility index (Phi) is 20.0. The summed E-state index contributed by atoms with van der Waals surface area (Å²) >= 11 is 0. The number of rotatable bonds is 11. The van der Waals surface area contributed by atoms with Crippen LogP contribution in [0.4, 0.5) is 0 Å². The van der Waals surface area contributed by atoms with Crippen LogP contribution < -0.4 is 0 Å². The third-order valence-electron chi connectivity index (χ3n) is 40.0. The fraction of sp³-hybridized carbons (Fsp3) is 0.670. The Morgan fingerprint density at radius 2 is 0.567 bits per heavy atom. The summed E-state index contributed by atoms with van der Waals surface area (Å²) in [5.41, 5.74) is 25.9. The smallest absolute Gasteiger partial charge is 0.0649 e. The molecule has 634 valence electrons. The zero-order valence-corrected chi connectivity index (χ0v) is 74.1. The maximum absolute atomic E-state index is 6.27. The second kappa shape index (κ2) is 31.1. The Labute approximate surface area is 721 Å². The molecule has 10 saturated heterocycles. The number of hydrogen-bond acceptors (Lipinski definition) is 5. The minimum Gasteiger partial charge on any atom is -0.374 e. The Morgan fingerprint density at radius 1 is 0.217 bits per heavy atom. The predicted octanol–water partition coefficient (Wildman–Crippen LogP) is 28.9. The Balaban J connectivity index is 0.0000000838. The summed E-state index contributed by atoms with van der Waals surface area (Å²) in [6, 6.07) is 44.1. The van der Waals surface area contributed by atoms with E-state index in [4.69, 9.17) is 23.7 Å². The second-order valence-corrected chi connectivity index (χ2v) is 46.4. The van der Waals surface area contributed by atoms with Crippen LogP contribution >= 0.6 is 0 Å². The van der Waals surface area contributed by atoms with Crippen molar-refractivity contribution in [3.05, 3.63) is 198 Å². The normalized spacial score (nSPS) is 42.8. The van der Waals surface area contributed by atoms with Crippen molar-refractivity contribution in [3.8, 4) is 0 Å². The van der Waals surface area contributed by atoms with E-state index >= 15 is 0 Å². The van der Waals surface area contributed by atoms with Gasteiger partial charge in [0.1, 0.15) is 0 Å². The molecule has 12 saturated carbocycles. The summed E-state index contributed by atoms with van der Waals surface area (Å²) in [5, 5.41) is 6.02. The minimum absolute atomic E-state index is 0.458. The van der Waals surface area contributed by atoms with E-state index in [0.29, 0.717) is 90.6 Å². The molecule has 0 spiro atoms. The molecule has 0 N–H and O–H groups in total. The van der Waals surface area contributed by atoms with Crippen molar-refractivity contribution in [3.63, 3.8) is 0 Å². The van der Waals surface area contributed by atoms with Crippen LogP contribution in [-0.2, 0) is 23.7 Å². The van der Waals surface area contributed by atoms with Gasteiger partial charge in [0.2, 0.25) is 0 Å². The molecule has 7 aromatic rings. The molecule has 12 aliphatic carbocycles. The van der Waals surface area contributed by atoms with Crippen molar-refractivity contribution in [2.24, 2.45) is 71.0 Å². The Morgan fingerprint density at radius 3 is 0.950 bits per heavy atom. The molecular formula is C115H144O5. The van der Waals surface area contributed by atoms with E-state index in [9.17, 15) is 0 Å². The molecule has 0 radical (unpaired) electrons. The minimum atomic E-state index is 0.458. The molecule has 22 bridgehead atoms. The van der Waals surface area contributed by atoms with Crippen molar-refractivity contribution in [1.82, 2.24) is 0 Å². The van der Waals surface area contributed by atoms with Crippen LogP contribution in [0.2, 0.25) is 0 Å². The van der Waals surface area contributed by atoms with Crippen LogP contribution in [0.15, 0.2) is 109 Å². The monoisotopic (exact) mass is 1610 g/mol. The fourth-order valence-electron chi connectivity index (χ4n) is 34.4.